The summed E-state index contributed by atoms with van der Waals surface area (Å²) >= 11 is 5.86. The third kappa shape index (κ3) is 4.45. The van der Waals surface area contributed by atoms with Gasteiger partial charge in [-0.2, -0.15) is 4.98 Å². The van der Waals surface area contributed by atoms with Crippen molar-refractivity contribution in [1.29, 1.82) is 0 Å². The Labute approximate surface area is 155 Å². The van der Waals surface area contributed by atoms with Gasteiger partial charge in [-0.15, -0.1) is 0 Å². The van der Waals surface area contributed by atoms with Crippen molar-refractivity contribution < 1.29 is 8.42 Å². The van der Waals surface area contributed by atoms with Gasteiger partial charge in [0, 0.05) is 16.4 Å². The van der Waals surface area contributed by atoms with Gasteiger partial charge in [-0.1, -0.05) is 17.7 Å². The van der Waals surface area contributed by atoms with Gasteiger partial charge >= 0.3 is 0 Å². The van der Waals surface area contributed by atoms with Crippen LogP contribution in [0.25, 0.3) is 0 Å². The number of hydrogen-bond acceptors (Lipinski definition) is 7. The van der Waals surface area contributed by atoms with E-state index in [2.05, 4.69) is 30.3 Å². The monoisotopic (exact) mass is 390 g/mol. The maximum atomic E-state index is 11.9. The van der Waals surface area contributed by atoms with Crippen LogP contribution < -0.4 is 15.4 Å². The largest absolute Gasteiger partial charge is 0.324 e. The molecule has 1 aromatic heterocycles. The lowest BCUT2D eigenvalue weighted by Crippen LogP contribution is -2.18. The van der Waals surface area contributed by atoms with Gasteiger partial charge in [-0.25, -0.2) is 23.1 Å². The van der Waals surface area contributed by atoms with Gasteiger partial charge in [0.2, 0.25) is 21.9 Å². The van der Waals surface area contributed by atoms with E-state index in [9.17, 15) is 8.42 Å². The van der Waals surface area contributed by atoms with E-state index in [-0.39, 0.29) is 10.8 Å². The van der Waals surface area contributed by atoms with Crippen LogP contribution in [-0.4, -0.2) is 30.4 Å². The SMILES string of the molecule is CNS(=O)(=O)c1cccc(Nc2ncnc(Nc3ccc(Cl)cc3)n2)c1. The molecule has 1 heterocycles. The molecule has 10 heteroatoms. The Kier molecular flexibility index (Phi) is 5.31. The number of halogens is 1. The summed E-state index contributed by atoms with van der Waals surface area (Å²) in [4.78, 5) is 12.5. The van der Waals surface area contributed by atoms with Crippen molar-refractivity contribution >= 4 is 44.9 Å². The molecule has 0 aliphatic carbocycles. The number of aromatic nitrogens is 3. The molecule has 0 unspecified atom stereocenters. The summed E-state index contributed by atoms with van der Waals surface area (Å²) in [5.74, 6) is 0.610. The molecule has 0 atom stereocenters. The van der Waals surface area contributed by atoms with Crippen LogP contribution in [0.15, 0.2) is 59.8 Å². The van der Waals surface area contributed by atoms with E-state index in [4.69, 9.17) is 11.6 Å². The van der Waals surface area contributed by atoms with Crippen LogP contribution in [-0.2, 0) is 10.0 Å². The molecule has 2 aromatic carbocycles. The summed E-state index contributed by atoms with van der Waals surface area (Å²) in [5, 5.41) is 6.63. The molecule has 0 saturated heterocycles. The molecule has 0 radical (unpaired) electrons. The molecule has 0 saturated carbocycles. The molecule has 26 heavy (non-hydrogen) atoms. The zero-order chi connectivity index (χ0) is 18.6. The minimum atomic E-state index is -3.53. The van der Waals surface area contributed by atoms with Crippen LogP contribution in [0.5, 0.6) is 0 Å². The average Bonchev–Trinajstić information content (AvgIpc) is 2.64. The molecular weight excluding hydrogens is 376 g/mol. The van der Waals surface area contributed by atoms with Gasteiger partial charge in [0.25, 0.3) is 0 Å². The maximum absolute atomic E-state index is 11.9. The van der Waals surface area contributed by atoms with Gasteiger partial charge in [0.05, 0.1) is 4.90 Å². The molecule has 0 fully saturated rings. The second-order valence-corrected chi connectivity index (χ2v) is 7.45. The highest BCUT2D eigenvalue weighted by atomic mass is 35.5. The molecule has 134 valence electrons. The highest BCUT2D eigenvalue weighted by molar-refractivity contribution is 7.89. The van der Waals surface area contributed by atoms with Gasteiger partial charge < -0.3 is 10.6 Å². The molecule has 8 nitrogen and oxygen atoms in total. The smallest absolute Gasteiger partial charge is 0.240 e. The van der Waals surface area contributed by atoms with Gasteiger partial charge in [0.15, 0.2) is 0 Å². The molecule has 3 N–H and O–H groups in total. The van der Waals surface area contributed by atoms with Crippen LogP contribution >= 0.6 is 11.6 Å². The van der Waals surface area contributed by atoms with Crippen molar-refractivity contribution in [3.8, 4) is 0 Å². The fourth-order valence-corrected chi connectivity index (χ4v) is 2.97. The highest BCUT2D eigenvalue weighted by Gasteiger charge is 2.12. The van der Waals surface area contributed by atoms with Crippen LogP contribution in [0.4, 0.5) is 23.3 Å². The summed E-state index contributed by atoms with van der Waals surface area (Å²) in [5.41, 5.74) is 1.30. The van der Waals surface area contributed by atoms with E-state index < -0.39 is 10.0 Å². The minimum absolute atomic E-state index is 0.138. The molecule has 0 amide bonds. The topological polar surface area (TPSA) is 109 Å². The second-order valence-electron chi connectivity index (χ2n) is 5.12. The number of benzene rings is 2. The molecule has 0 aliphatic heterocycles. The normalized spacial score (nSPS) is 11.2. The fraction of sp³-hybridized carbons (Fsp3) is 0.0625. The van der Waals surface area contributed by atoms with E-state index in [1.54, 1.807) is 36.4 Å². The second kappa shape index (κ2) is 7.65. The lowest BCUT2D eigenvalue weighted by molar-refractivity contribution is 0.588. The third-order valence-corrected chi connectivity index (χ3v) is 5.01. The van der Waals surface area contributed by atoms with Crippen molar-refractivity contribution in [3.63, 3.8) is 0 Å². The van der Waals surface area contributed by atoms with Crippen molar-refractivity contribution in [2.24, 2.45) is 0 Å². The quantitative estimate of drug-likeness (QED) is 0.593. The van der Waals surface area contributed by atoms with Crippen molar-refractivity contribution in [3.05, 3.63) is 59.9 Å². The minimum Gasteiger partial charge on any atom is -0.324 e. The first-order valence-corrected chi connectivity index (χ1v) is 9.35. The molecule has 0 spiro atoms. The summed E-state index contributed by atoms with van der Waals surface area (Å²) in [7, 11) is -2.17. The third-order valence-electron chi connectivity index (χ3n) is 3.34. The molecular formula is C16H15ClN6O2S. The number of rotatable bonds is 6. The Balaban J connectivity index is 1.79. The molecule has 0 bridgehead atoms. The van der Waals surface area contributed by atoms with Gasteiger partial charge in [-0.05, 0) is 49.5 Å². The number of nitrogens with one attached hydrogen (secondary N) is 3. The predicted molar refractivity (Wildman–Crippen MR) is 101 cm³/mol. The Morgan fingerprint density at radius 2 is 1.58 bits per heavy atom. The Morgan fingerprint density at radius 1 is 0.923 bits per heavy atom. The first-order valence-electron chi connectivity index (χ1n) is 7.48. The first kappa shape index (κ1) is 18.1. The molecule has 3 aromatic rings. The number of nitrogens with zero attached hydrogens (tertiary/aromatic N) is 3. The summed E-state index contributed by atoms with van der Waals surface area (Å²) in [6.07, 6.45) is 1.35. The summed E-state index contributed by atoms with van der Waals surface area (Å²) in [6.45, 7) is 0. The van der Waals surface area contributed by atoms with E-state index in [1.165, 1.54) is 25.5 Å². The predicted octanol–water partition coefficient (Wildman–Crippen LogP) is 2.92. The fourth-order valence-electron chi connectivity index (χ4n) is 2.07. The van der Waals surface area contributed by atoms with Crippen LogP contribution in [0, 0.1) is 0 Å². The van der Waals surface area contributed by atoms with Gasteiger partial charge in [-0.3, -0.25) is 0 Å². The van der Waals surface area contributed by atoms with Gasteiger partial charge in [0.1, 0.15) is 6.33 Å². The summed E-state index contributed by atoms with van der Waals surface area (Å²) in [6, 6.07) is 13.4. The van der Waals surface area contributed by atoms with E-state index >= 15 is 0 Å². The Bertz CT molecular complexity index is 1010. The van der Waals surface area contributed by atoms with E-state index in [0.29, 0.717) is 16.7 Å². The Morgan fingerprint density at radius 3 is 2.23 bits per heavy atom. The lowest BCUT2D eigenvalue weighted by Gasteiger charge is -2.09. The van der Waals surface area contributed by atoms with Crippen molar-refractivity contribution in [1.82, 2.24) is 19.7 Å². The number of sulfonamides is 1. The van der Waals surface area contributed by atoms with Crippen LogP contribution in [0.2, 0.25) is 5.02 Å². The van der Waals surface area contributed by atoms with Crippen LogP contribution in [0.1, 0.15) is 0 Å². The standard InChI is InChI=1S/C16H15ClN6O2S/c1-18-26(24,25)14-4-2-3-13(9-14)22-16-20-10-19-15(23-16)21-12-7-5-11(17)6-8-12/h2-10,18H,1H3,(H2,19,20,21,22,23). The number of hydrogen-bond donors (Lipinski definition) is 3. The van der Waals surface area contributed by atoms with E-state index in [0.717, 1.165) is 5.69 Å². The highest BCUT2D eigenvalue weighted by Crippen LogP contribution is 2.20. The molecule has 0 aliphatic rings. The number of anilines is 4. The average molecular weight is 391 g/mol. The molecule has 3 rings (SSSR count). The van der Waals surface area contributed by atoms with Crippen molar-refractivity contribution in [2.75, 3.05) is 17.7 Å². The first-order chi connectivity index (χ1) is 12.5. The zero-order valence-electron chi connectivity index (χ0n) is 13.6. The zero-order valence-corrected chi connectivity index (χ0v) is 15.2. The maximum Gasteiger partial charge on any atom is 0.240 e. The summed E-state index contributed by atoms with van der Waals surface area (Å²) < 4.78 is 26.0. The van der Waals surface area contributed by atoms with E-state index in [1.807, 2.05) is 0 Å². The lowest BCUT2D eigenvalue weighted by atomic mass is 10.3. The Hall–Kier alpha value is -2.75. The van der Waals surface area contributed by atoms with Crippen molar-refractivity contribution in [2.45, 2.75) is 4.90 Å². The van der Waals surface area contributed by atoms with Crippen LogP contribution in [0.3, 0.4) is 0 Å².